The lowest BCUT2D eigenvalue weighted by molar-refractivity contribution is 0.305. The van der Waals surface area contributed by atoms with Crippen molar-refractivity contribution in [2.24, 2.45) is 22.1 Å². The van der Waals surface area contributed by atoms with Gasteiger partial charge in [-0.3, -0.25) is 4.99 Å². The van der Waals surface area contributed by atoms with Crippen molar-refractivity contribution in [2.75, 3.05) is 0 Å². The molecule has 1 unspecified atom stereocenters. The van der Waals surface area contributed by atoms with Crippen molar-refractivity contribution in [3.63, 3.8) is 0 Å². The number of rotatable bonds is 1. The van der Waals surface area contributed by atoms with E-state index in [1.807, 2.05) is 26.1 Å². The quantitative estimate of drug-likeness (QED) is 0.733. The second kappa shape index (κ2) is 5.35. The molecule has 0 aliphatic carbocycles. The Balaban J connectivity index is 3.32. The molecule has 0 aromatic heterocycles. The van der Waals surface area contributed by atoms with Gasteiger partial charge in [-0.25, -0.2) is 0 Å². The third kappa shape index (κ3) is 3.09. The zero-order chi connectivity index (χ0) is 13.1. The molecule has 0 aromatic carbocycles. The summed E-state index contributed by atoms with van der Waals surface area (Å²) in [6, 6.07) is 0. The van der Waals surface area contributed by atoms with Crippen molar-refractivity contribution in [3.05, 3.63) is 35.7 Å². The summed E-state index contributed by atoms with van der Waals surface area (Å²) in [6.45, 7) is 10.7. The van der Waals surface area contributed by atoms with Crippen molar-refractivity contribution in [1.82, 2.24) is 0 Å². The molecule has 0 saturated heterocycles. The van der Waals surface area contributed by atoms with Crippen LogP contribution >= 0.6 is 0 Å². The van der Waals surface area contributed by atoms with Crippen LogP contribution < -0.4 is 5.73 Å². The summed E-state index contributed by atoms with van der Waals surface area (Å²) in [5.41, 5.74) is 9.24. The van der Waals surface area contributed by atoms with Gasteiger partial charge in [0.1, 0.15) is 0 Å². The minimum absolute atomic E-state index is 0.106. The van der Waals surface area contributed by atoms with Gasteiger partial charge < -0.3 is 5.73 Å². The SMILES string of the molecule is CC[C@]1(C)/C=C/N=C(C)/C=C\C(=C(/C)N)C1C. The molecule has 1 aliphatic rings. The van der Waals surface area contributed by atoms with Crippen molar-refractivity contribution in [1.29, 1.82) is 0 Å². The first-order valence-corrected chi connectivity index (χ1v) is 6.27. The summed E-state index contributed by atoms with van der Waals surface area (Å²) in [7, 11) is 0. The first kappa shape index (κ1) is 13.8. The Hall–Kier alpha value is -1.31. The molecule has 2 atom stereocenters. The van der Waals surface area contributed by atoms with E-state index in [0.29, 0.717) is 5.92 Å². The lowest BCUT2D eigenvalue weighted by Gasteiger charge is -2.33. The largest absolute Gasteiger partial charge is 0.402 e. The van der Waals surface area contributed by atoms with Gasteiger partial charge in [0.25, 0.3) is 0 Å². The highest BCUT2D eigenvalue weighted by Gasteiger charge is 2.29. The number of aliphatic imine (C=N–C) groups is 1. The van der Waals surface area contributed by atoms with Crippen LogP contribution in [0.15, 0.2) is 40.7 Å². The second-order valence-corrected chi connectivity index (χ2v) is 5.14. The van der Waals surface area contributed by atoms with Gasteiger partial charge >= 0.3 is 0 Å². The molecule has 0 aromatic rings. The number of nitrogens with two attached hydrogens (primary N) is 1. The van der Waals surface area contributed by atoms with Crippen LogP contribution in [0.5, 0.6) is 0 Å². The van der Waals surface area contributed by atoms with Crippen molar-refractivity contribution in [2.45, 2.75) is 41.0 Å². The summed E-state index contributed by atoms with van der Waals surface area (Å²) >= 11 is 0. The Morgan fingerprint density at radius 2 is 2.12 bits per heavy atom. The summed E-state index contributed by atoms with van der Waals surface area (Å²) in [5, 5.41) is 0. The Morgan fingerprint density at radius 3 is 2.65 bits per heavy atom. The maximum absolute atomic E-state index is 6.01. The standard InChI is InChI=1S/C15H24N2/c1-6-15(5)9-10-17-11(2)7-8-14(12(15)3)13(4)16/h7-10,12H,6,16H2,1-5H3/b8-7-,10-9+,14-13-,17-11+/t12?,15-/m1/s1. The molecule has 2 heteroatoms. The smallest absolute Gasteiger partial charge is 0.0372 e. The predicted molar refractivity (Wildman–Crippen MR) is 75.8 cm³/mol. The normalized spacial score (nSPS) is 39.4. The van der Waals surface area contributed by atoms with Crippen LogP contribution in [0.3, 0.4) is 0 Å². The van der Waals surface area contributed by atoms with E-state index in [2.05, 4.69) is 37.9 Å². The van der Waals surface area contributed by atoms with E-state index in [0.717, 1.165) is 17.8 Å². The Labute approximate surface area is 105 Å². The van der Waals surface area contributed by atoms with E-state index in [1.54, 1.807) is 0 Å². The maximum Gasteiger partial charge on any atom is 0.0372 e. The molecule has 0 spiro atoms. The molecule has 1 heterocycles. The minimum Gasteiger partial charge on any atom is -0.402 e. The molecule has 0 bridgehead atoms. The van der Waals surface area contributed by atoms with Gasteiger partial charge in [-0.2, -0.15) is 0 Å². The highest BCUT2D eigenvalue weighted by Crippen LogP contribution is 2.38. The van der Waals surface area contributed by atoms with Crippen LogP contribution in [0.1, 0.15) is 41.0 Å². The van der Waals surface area contributed by atoms with E-state index >= 15 is 0 Å². The highest BCUT2D eigenvalue weighted by atomic mass is 14.7. The average Bonchev–Trinajstić information content (AvgIpc) is 2.32. The second-order valence-electron chi connectivity index (χ2n) is 5.14. The number of nitrogens with zero attached hydrogens (tertiary/aromatic N) is 1. The molecule has 0 amide bonds. The van der Waals surface area contributed by atoms with Crippen molar-refractivity contribution < 1.29 is 0 Å². The average molecular weight is 232 g/mol. The molecule has 1 aliphatic heterocycles. The summed E-state index contributed by atoms with van der Waals surface area (Å²) < 4.78 is 0. The zero-order valence-electron chi connectivity index (χ0n) is 11.6. The van der Waals surface area contributed by atoms with E-state index < -0.39 is 0 Å². The molecule has 17 heavy (non-hydrogen) atoms. The van der Waals surface area contributed by atoms with E-state index in [1.165, 1.54) is 5.57 Å². The van der Waals surface area contributed by atoms with Gasteiger partial charge in [0.2, 0.25) is 0 Å². The minimum atomic E-state index is 0.106. The molecule has 2 N–H and O–H groups in total. The Morgan fingerprint density at radius 1 is 1.47 bits per heavy atom. The molecular weight excluding hydrogens is 208 g/mol. The summed E-state index contributed by atoms with van der Waals surface area (Å²) in [5.74, 6) is 0.395. The lowest BCUT2D eigenvalue weighted by atomic mass is 9.72. The number of allylic oxidation sites excluding steroid dienone is 5. The van der Waals surface area contributed by atoms with Crippen LogP contribution in [0, 0.1) is 11.3 Å². The fraction of sp³-hybridized carbons (Fsp3) is 0.533. The molecule has 2 nitrogen and oxygen atoms in total. The number of hydrogen-bond acceptors (Lipinski definition) is 2. The van der Waals surface area contributed by atoms with Gasteiger partial charge in [0, 0.05) is 17.6 Å². The zero-order valence-corrected chi connectivity index (χ0v) is 11.6. The van der Waals surface area contributed by atoms with E-state index in [4.69, 9.17) is 5.73 Å². The number of hydrogen-bond donors (Lipinski definition) is 1. The monoisotopic (exact) mass is 232 g/mol. The van der Waals surface area contributed by atoms with Gasteiger partial charge in [0.05, 0.1) is 0 Å². The van der Waals surface area contributed by atoms with Crippen molar-refractivity contribution >= 4 is 5.71 Å². The lowest BCUT2D eigenvalue weighted by Crippen LogP contribution is -2.25. The fourth-order valence-electron chi connectivity index (χ4n) is 2.12. The third-order valence-electron chi connectivity index (χ3n) is 3.91. The van der Waals surface area contributed by atoms with Crippen LogP contribution in [0.2, 0.25) is 0 Å². The van der Waals surface area contributed by atoms with Crippen molar-refractivity contribution in [3.8, 4) is 0 Å². The van der Waals surface area contributed by atoms with Gasteiger partial charge in [-0.15, -0.1) is 0 Å². The van der Waals surface area contributed by atoms with E-state index in [-0.39, 0.29) is 5.41 Å². The first-order chi connectivity index (χ1) is 7.90. The predicted octanol–water partition coefficient (Wildman–Crippen LogP) is 3.82. The molecule has 1 rings (SSSR count). The molecule has 0 saturated carbocycles. The fourth-order valence-corrected chi connectivity index (χ4v) is 2.12. The van der Waals surface area contributed by atoms with Crippen LogP contribution in [0.4, 0.5) is 0 Å². The van der Waals surface area contributed by atoms with Crippen LogP contribution in [0.25, 0.3) is 0 Å². The molecular formula is C15H24N2. The molecule has 94 valence electrons. The van der Waals surface area contributed by atoms with E-state index in [9.17, 15) is 0 Å². The first-order valence-electron chi connectivity index (χ1n) is 6.27. The maximum atomic E-state index is 6.01. The van der Waals surface area contributed by atoms with Gasteiger partial charge in [-0.1, -0.05) is 32.9 Å². The highest BCUT2D eigenvalue weighted by molar-refractivity contribution is 5.93. The topological polar surface area (TPSA) is 38.4 Å². The van der Waals surface area contributed by atoms with Gasteiger partial charge in [-0.05, 0) is 43.3 Å². The van der Waals surface area contributed by atoms with Crippen LogP contribution in [-0.2, 0) is 0 Å². The van der Waals surface area contributed by atoms with Gasteiger partial charge in [0.15, 0.2) is 0 Å². The molecule has 0 radical (unpaired) electrons. The Bertz CT molecular complexity index is 395. The van der Waals surface area contributed by atoms with Crippen LogP contribution in [-0.4, -0.2) is 5.71 Å². The summed E-state index contributed by atoms with van der Waals surface area (Å²) in [6.07, 6.45) is 9.35. The summed E-state index contributed by atoms with van der Waals surface area (Å²) in [4.78, 5) is 4.40. The third-order valence-corrected chi connectivity index (χ3v) is 3.91. The molecule has 0 fully saturated rings. The Kier molecular flexibility index (Phi) is 4.33.